The number of benzene rings is 2. The number of ether oxygens (including phenoxy) is 1. The van der Waals surface area contributed by atoms with Gasteiger partial charge in [-0.15, -0.1) is 0 Å². The molecule has 0 aliphatic rings. The van der Waals surface area contributed by atoms with Crippen LogP contribution in [0.2, 0.25) is 5.02 Å². The predicted octanol–water partition coefficient (Wildman–Crippen LogP) is 5.72. The van der Waals surface area contributed by atoms with E-state index in [9.17, 15) is 4.79 Å². The van der Waals surface area contributed by atoms with Gasteiger partial charge >= 0.3 is 0 Å². The summed E-state index contributed by atoms with van der Waals surface area (Å²) < 4.78 is 5.65. The third kappa shape index (κ3) is 6.60. The zero-order chi connectivity index (χ0) is 19.1. The molecular formula is C21H27ClN2O2. The first-order chi connectivity index (χ1) is 12.3. The summed E-state index contributed by atoms with van der Waals surface area (Å²) in [7, 11) is 0. The lowest BCUT2D eigenvalue weighted by Crippen LogP contribution is -2.13. The van der Waals surface area contributed by atoms with E-state index in [4.69, 9.17) is 16.3 Å². The molecule has 0 saturated carbocycles. The smallest absolute Gasteiger partial charge is 0.224 e. The lowest BCUT2D eigenvalue weighted by atomic mass is 10.1. The van der Waals surface area contributed by atoms with Crippen molar-refractivity contribution in [1.82, 2.24) is 0 Å². The Kier molecular flexibility index (Phi) is 7.34. The first kappa shape index (κ1) is 20.1. The Hall–Kier alpha value is -2.20. The quantitative estimate of drug-likeness (QED) is 0.620. The molecular weight excluding hydrogens is 348 g/mol. The first-order valence-corrected chi connectivity index (χ1v) is 9.30. The number of hydrogen-bond acceptors (Lipinski definition) is 3. The molecule has 0 bridgehead atoms. The van der Waals surface area contributed by atoms with Crippen molar-refractivity contribution in [3.63, 3.8) is 0 Å². The molecule has 5 heteroatoms. The van der Waals surface area contributed by atoms with Crippen molar-refractivity contribution in [1.29, 1.82) is 0 Å². The van der Waals surface area contributed by atoms with E-state index < -0.39 is 0 Å². The predicted molar refractivity (Wildman–Crippen MR) is 109 cm³/mol. The number of anilines is 2. The highest BCUT2D eigenvalue weighted by Crippen LogP contribution is 2.27. The first-order valence-electron chi connectivity index (χ1n) is 8.92. The summed E-state index contributed by atoms with van der Waals surface area (Å²) >= 11 is 6.28. The van der Waals surface area contributed by atoms with E-state index in [1.165, 1.54) is 0 Å². The van der Waals surface area contributed by atoms with Crippen LogP contribution < -0.4 is 15.4 Å². The minimum Gasteiger partial charge on any atom is -0.489 e. The van der Waals surface area contributed by atoms with Crippen molar-refractivity contribution in [3.8, 4) is 5.75 Å². The summed E-state index contributed by atoms with van der Waals surface area (Å²) in [6.45, 7) is 8.63. The molecule has 2 aromatic carbocycles. The highest BCUT2D eigenvalue weighted by Gasteiger charge is 2.07. The molecule has 0 heterocycles. The number of carbonyl (C=O) groups excluding carboxylic acids is 1. The summed E-state index contributed by atoms with van der Waals surface area (Å²) in [6.07, 6.45) is 0.603. The molecule has 0 aromatic heterocycles. The number of amides is 1. The van der Waals surface area contributed by atoms with Gasteiger partial charge in [0.2, 0.25) is 5.91 Å². The Labute approximate surface area is 160 Å². The van der Waals surface area contributed by atoms with Crippen LogP contribution in [0.5, 0.6) is 5.75 Å². The molecule has 0 aliphatic heterocycles. The Bertz CT molecular complexity index is 745. The van der Waals surface area contributed by atoms with Crippen LogP contribution in [0.4, 0.5) is 11.4 Å². The number of hydrogen-bond donors (Lipinski definition) is 2. The Morgan fingerprint density at radius 2 is 1.81 bits per heavy atom. The second-order valence-electron chi connectivity index (χ2n) is 7.01. The van der Waals surface area contributed by atoms with Crippen molar-refractivity contribution in [2.24, 2.45) is 5.92 Å². The van der Waals surface area contributed by atoms with Crippen LogP contribution in [0, 0.1) is 5.92 Å². The van der Waals surface area contributed by atoms with E-state index in [1.54, 1.807) is 0 Å². The average Bonchev–Trinajstić information content (AvgIpc) is 2.54. The van der Waals surface area contributed by atoms with Gasteiger partial charge in [-0.05, 0) is 55.7 Å². The minimum atomic E-state index is 0.0321. The molecule has 140 valence electrons. The molecule has 0 radical (unpaired) electrons. The van der Waals surface area contributed by atoms with Gasteiger partial charge in [-0.25, -0.2) is 0 Å². The zero-order valence-corrected chi connectivity index (χ0v) is 16.6. The summed E-state index contributed by atoms with van der Waals surface area (Å²) in [6, 6.07) is 13.5. The minimum absolute atomic E-state index is 0.0321. The molecule has 26 heavy (non-hydrogen) atoms. The van der Waals surface area contributed by atoms with Crippen LogP contribution in [-0.2, 0) is 11.3 Å². The second-order valence-corrected chi connectivity index (χ2v) is 7.42. The molecule has 4 nitrogen and oxygen atoms in total. The monoisotopic (exact) mass is 374 g/mol. The van der Waals surface area contributed by atoms with Gasteiger partial charge in [0.25, 0.3) is 0 Å². The Morgan fingerprint density at radius 3 is 2.46 bits per heavy atom. The highest BCUT2D eigenvalue weighted by atomic mass is 35.5. The second kappa shape index (κ2) is 9.48. The number of rotatable bonds is 8. The molecule has 1 amide bonds. The fourth-order valence-corrected chi connectivity index (χ4v) is 2.75. The maximum Gasteiger partial charge on any atom is 0.224 e. The van der Waals surface area contributed by atoms with Gasteiger partial charge < -0.3 is 15.4 Å². The van der Waals surface area contributed by atoms with Gasteiger partial charge in [-0.1, -0.05) is 37.6 Å². The van der Waals surface area contributed by atoms with Gasteiger partial charge in [-0.2, -0.15) is 0 Å². The highest BCUT2D eigenvalue weighted by molar-refractivity contribution is 6.32. The Morgan fingerprint density at radius 1 is 1.08 bits per heavy atom. The Balaban J connectivity index is 1.96. The molecule has 2 N–H and O–H groups in total. The molecule has 0 fully saturated rings. The van der Waals surface area contributed by atoms with E-state index in [1.807, 2.05) is 70.2 Å². The lowest BCUT2D eigenvalue weighted by molar-refractivity contribution is -0.116. The number of halogens is 1. The molecule has 0 unspecified atom stereocenters. The number of nitrogens with one attached hydrogen (secondary N) is 2. The van der Waals surface area contributed by atoms with E-state index in [0.29, 0.717) is 29.7 Å². The van der Waals surface area contributed by atoms with Gasteiger partial charge in [-0.3, -0.25) is 4.79 Å². The van der Waals surface area contributed by atoms with Gasteiger partial charge in [0.05, 0.1) is 11.1 Å². The van der Waals surface area contributed by atoms with Crippen LogP contribution in [0.15, 0.2) is 42.5 Å². The average molecular weight is 375 g/mol. The maximum absolute atomic E-state index is 11.9. The fraction of sp³-hybridized carbons (Fsp3) is 0.381. The van der Waals surface area contributed by atoms with Crippen LogP contribution in [0.25, 0.3) is 0 Å². The van der Waals surface area contributed by atoms with Crippen molar-refractivity contribution in [2.45, 2.75) is 46.8 Å². The topological polar surface area (TPSA) is 50.4 Å². The van der Waals surface area contributed by atoms with Gasteiger partial charge in [0.1, 0.15) is 5.75 Å². The van der Waals surface area contributed by atoms with Crippen LogP contribution in [0.3, 0.4) is 0 Å². The summed E-state index contributed by atoms with van der Waals surface area (Å²) in [5.74, 6) is 1.06. The van der Waals surface area contributed by atoms with Crippen molar-refractivity contribution in [2.75, 3.05) is 10.6 Å². The third-order valence-electron chi connectivity index (χ3n) is 3.60. The van der Waals surface area contributed by atoms with Crippen LogP contribution in [0.1, 0.15) is 39.7 Å². The number of carbonyl (C=O) groups is 1. The molecule has 2 rings (SSSR count). The largest absolute Gasteiger partial charge is 0.489 e. The maximum atomic E-state index is 11.9. The summed E-state index contributed by atoms with van der Waals surface area (Å²) in [5, 5.41) is 6.89. The van der Waals surface area contributed by atoms with Gasteiger partial charge in [0.15, 0.2) is 0 Å². The van der Waals surface area contributed by atoms with Crippen molar-refractivity contribution >= 4 is 28.9 Å². The van der Waals surface area contributed by atoms with Crippen LogP contribution >= 0.6 is 11.6 Å². The fourth-order valence-electron chi connectivity index (χ4n) is 2.50. The van der Waals surface area contributed by atoms with E-state index in [0.717, 1.165) is 16.9 Å². The van der Waals surface area contributed by atoms with Crippen molar-refractivity contribution < 1.29 is 9.53 Å². The molecule has 0 atom stereocenters. The van der Waals surface area contributed by atoms with E-state index in [2.05, 4.69) is 10.6 Å². The normalized spacial score (nSPS) is 10.9. The zero-order valence-electron chi connectivity index (χ0n) is 15.8. The lowest BCUT2D eigenvalue weighted by Gasteiger charge is -2.13. The summed E-state index contributed by atoms with van der Waals surface area (Å²) in [5.41, 5.74) is 2.78. The van der Waals surface area contributed by atoms with E-state index >= 15 is 0 Å². The standard InChI is InChI=1S/C21H27ClN2O2/c1-14(2)10-21(25)24-18-7-5-6-17(12-18)23-13-16-8-9-20(19(22)11-16)26-15(3)4/h5-9,11-12,14-15,23H,10,13H2,1-4H3,(H,24,25). The van der Waals surface area contributed by atoms with E-state index in [-0.39, 0.29) is 12.0 Å². The van der Waals surface area contributed by atoms with Gasteiger partial charge in [0, 0.05) is 24.3 Å². The van der Waals surface area contributed by atoms with Crippen molar-refractivity contribution in [3.05, 3.63) is 53.1 Å². The molecule has 0 spiro atoms. The molecule has 0 saturated heterocycles. The SMILES string of the molecule is CC(C)CC(=O)Nc1cccc(NCc2ccc(OC(C)C)c(Cl)c2)c1. The molecule has 2 aromatic rings. The third-order valence-corrected chi connectivity index (χ3v) is 3.89. The molecule has 0 aliphatic carbocycles. The summed E-state index contributed by atoms with van der Waals surface area (Å²) in [4.78, 5) is 11.9. The van der Waals surface area contributed by atoms with Crippen LogP contribution in [-0.4, -0.2) is 12.0 Å².